The summed E-state index contributed by atoms with van der Waals surface area (Å²) in [6.07, 6.45) is 3.16. The van der Waals surface area contributed by atoms with Gasteiger partial charge >= 0.3 is 0 Å². The summed E-state index contributed by atoms with van der Waals surface area (Å²) in [6, 6.07) is 6.16. The van der Waals surface area contributed by atoms with Crippen LogP contribution in [0, 0.1) is 0 Å². The van der Waals surface area contributed by atoms with Crippen molar-refractivity contribution in [2.75, 3.05) is 68.2 Å². The van der Waals surface area contributed by atoms with Crippen molar-refractivity contribution in [2.45, 2.75) is 30.7 Å². The van der Waals surface area contributed by atoms with Crippen LogP contribution in [0.5, 0.6) is 11.5 Å². The average molecular weight is 532 g/mol. The number of halogens is 1. The Hall–Kier alpha value is -1.26. The number of benzene rings is 1. The van der Waals surface area contributed by atoms with Gasteiger partial charge in [-0.3, -0.25) is 4.99 Å². The summed E-state index contributed by atoms with van der Waals surface area (Å²) in [5.41, 5.74) is 1.38. The third-order valence-corrected chi connectivity index (χ3v) is 6.49. The lowest BCUT2D eigenvalue weighted by Crippen LogP contribution is -2.57. The summed E-state index contributed by atoms with van der Waals surface area (Å²) in [7, 11) is 9.59. The van der Waals surface area contributed by atoms with Crippen LogP contribution in [0.25, 0.3) is 0 Å². The first-order chi connectivity index (χ1) is 14.0. The van der Waals surface area contributed by atoms with Crippen molar-refractivity contribution in [3.05, 3.63) is 23.8 Å². The second kappa shape index (κ2) is 11.4. The number of aliphatic imine (C=N–C) groups is 1. The third kappa shape index (κ3) is 5.70. The number of hydrogen-bond donors (Lipinski definition) is 1. The number of nitrogens with one attached hydrogen (secondary N) is 1. The van der Waals surface area contributed by atoms with E-state index in [1.807, 2.05) is 13.1 Å². The van der Waals surface area contributed by atoms with Crippen LogP contribution in [-0.4, -0.2) is 89.5 Å². The maximum atomic E-state index is 5.59. The average Bonchev–Trinajstić information content (AvgIpc) is 3.24. The first kappa shape index (κ1) is 25.0. The summed E-state index contributed by atoms with van der Waals surface area (Å²) in [5, 5.41) is 3.65. The molecule has 1 N–H and O–H groups in total. The van der Waals surface area contributed by atoms with E-state index in [0.29, 0.717) is 5.92 Å². The van der Waals surface area contributed by atoms with Crippen molar-refractivity contribution in [3.63, 3.8) is 0 Å². The minimum absolute atomic E-state index is 0. The van der Waals surface area contributed by atoms with Crippen molar-refractivity contribution in [2.24, 2.45) is 4.99 Å². The van der Waals surface area contributed by atoms with E-state index in [0.717, 1.165) is 69.6 Å². The van der Waals surface area contributed by atoms with Crippen LogP contribution in [0.1, 0.15) is 30.7 Å². The zero-order valence-corrected chi connectivity index (χ0v) is 21.3. The molecule has 2 saturated heterocycles. The van der Waals surface area contributed by atoms with Crippen LogP contribution >= 0.6 is 24.0 Å². The van der Waals surface area contributed by atoms with Crippen molar-refractivity contribution < 1.29 is 14.2 Å². The Morgan fingerprint density at radius 3 is 2.37 bits per heavy atom. The molecule has 7 nitrogen and oxygen atoms in total. The fourth-order valence-electron chi connectivity index (χ4n) is 4.40. The monoisotopic (exact) mass is 532 g/mol. The Kier molecular flexibility index (Phi) is 9.49. The molecule has 1 aromatic carbocycles. The summed E-state index contributed by atoms with van der Waals surface area (Å²) >= 11 is 0. The minimum Gasteiger partial charge on any atom is -0.497 e. The van der Waals surface area contributed by atoms with E-state index in [1.165, 1.54) is 5.56 Å². The summed E-state index contributed by atoms with van der Waals surface area (Å²) in [5.74, 6) is 3.10. The van der Waals surface area contributed by atoms with Gasteiger partial charge in [0.25, 0.3) is 0 Å². The van der Waals surface area contributed by atoms with Crippen molar-refractivity contribution >= 4 is 29.9 Å². The number of rotatable bonds is 6. The topological polar surface area (TPSA) is 58.6 Å². The normalized spacial score (nSPS) is 21.3. The lowest BCUT2D eigenvalue weighted by Gasteiger charge is -2.43. The molecule has 2 fully saturated rings. The fourth-order valence-corrected chi connectivity index (χ4v) is 4.40. The summed E-state index contributed by atoms with van der Waals surface area (Å²) in [4.78, 5) is 9.27. The number of nitrogens with zero attached hydrogens (tertiary/aromatic N) is 3. The van der Waals surface area contributed by atoms with Gasteiger partial charge in [0.1, 0.15) is 11.5 Å². The van der Waals surface area contributed by atoms with Crippen molar-refractivity contribution in [1.29, 1.82) is 0 Å². The predicted octanol–water partition coefficient (Wildman–Crippen LogP) is 2.80. The van der Waals surface area contributed by atoms with Crippen LogP contribution in [0.3, 0.4) is 0 Å². The van der Waals surface area contributed by atoms with Gasteiger partial charge in [0.15, 0.2) is 5.96 Å². The molecule has 0 amide bonds. The van der Waals surface area contributed by atoms with Gasteiger partial charge < -0.3 is 29.3 Å². The van der Waals surface area contributed by atoms with E-state index in [-0.39, 0.29) is 29.5 Å². The molecule has 2 aliphatic heterocycles. The molecule has 1 atom stereocenters. The Labute approximate surface area is 198 Å². The molecule has 1 aromatic rings. The highest BCUT2D eigenvalue weighted by Gasteiger charge is 2.36. The van der Waals surface area contributed by atoms with E-state index in [2.05, 4.69) is 46.3 Å². The molecule has 170 valence electrons. The molecule has 8 heteroatoms. The SMILES string of the molecule is CN=C(NCC1(N(C)C)CCOCC1)N1CCC(c2cc(OC)cc(OC)c2)C1.I. The van der Waals surface area contributed by atoms with Gasteiger partial charge in [0, 0.05) is 57.4 Å². The van der Waals surface area contributed by atoms with Crippen molar-refractivity contribution in [3.8, 4) is 11.5 Å². The Balaban J connectivity index is 0.00000320. The minimum atomic E-state index is 0. The second-order valence-corrected chi connectivity index (χ2v) is 8.21. The maximum absolute atomic E-state index is 5.59. The van der Waals surface area contributed by atoms with Crippen LogP contribution in [0.15, 0.2) is 23.2 Å². The van der Waals surface area contributed by atoms with E-state index >= 15 is 0 Å². The largest absolute Gasteiger partial charge is 0.497 e. The maximum Gasteiger partial charge on any atom is 0.193 e. The molecule has 0 aliphatic carbocycles. The lowest BCUT2D eigenvalue weighted by molar-refractivity contribution is -0.00521. The van der Waals surface area contributed by atoms with Gasteiger partial charge in [-0.05, 0) is 51.1 Å². The molecule has 30 heavy (non-hydrogen) atoms. The van der Waals surface area contributed by atoms with Gasteiger partial charge in [-0.1, -0.05) is 0 Å². The van der Waals surface area contributed by atoms with Gasteiger partial charge in [-0.15, -0.1) is 24.0 Å². The Morgan fingerprint density at radius 1 is 1.20 bits per heavy atom. The molecule has 2 heterocycles. The van der Waals surface area contributed by atoms with E-state index in [4.69, 9.17) is 14.2 Å². The summed E-state index contributed by atoms with van der Waals surface area (Å²) < 4.78 is 16.5. The zero-order chi connectivity index (χ0) is 20.9. The molecular formula is C22H37IN4O3. The molecule has 0 bridgehead atoms. The van der Waals surface area contributed by atoms with Crippen LogP contribution in [0.2, 0.25) is 0 Å². The molecule has 0 aromatic heterocycles. The van der Waals surface area contributed by atoms with Crippen LogP contribution < -0.4 is 14.8 Å². The molecular weight excluding hydrogens is 495 g/mol. The Bertz CT molecular complexity index is 685. The second-order valence-electron chi connectivity index (χ2n) is 8.21. The zero-order valence-electron chi connectivity index (χ0n) is 18.9. The van der Waals surface area contributed by atoms with Crippen LogP contribution in [0.4, 0.5) is 0 Å². The number of ether oxygens (including phenoxy) is 3. The fraction of sp³-hybridized carbons (Fsp3) is 0.682. The quantitative estimate of drug-likeness (QED) is 0.346. The van der Waals surface area contributed by atoms with Gasteiger partial charge in [0.05, 0.1) is 14.2 Å². The van der Waals surface area contributed by atoms with Gasteiger partial charge in [0.2, 0.25) is 0 Å². The number of guanidine groups is 1. The summed E-state index contributed by atoms with van der Waals surface area (Å²) in [6.45, 7) is 4.45. The third-order valence-electron chi connectivity index (χ3n) is 6.49. The van der Waals surface area contributed by atoms with E-state index < -0.39 is 0 Å². The molecule has 0 spiro atoms. The number of likely N-dealkylation sites (N-methyl/N-ethyl adjacent to an activating group) is 1. The standard InChI is InChI=1S/C22H36N4O3.HI/c1-23-21(24-16-22(25(2)3)7-10-29-11-8-22)26-9-6-17(15-26)18-12-19(27-4)14-20(13-18)28-5;/h12-14,17H,6-11,15-16H2,1-5H3,(H,23,24);1H. The number of methoxy groups -OCH3 is 2. The smallest absolute Gasteiger partial charge is 0.193 e. The Morgan fingerprint density at radius 2 is 1.83 bits per heavy atom. The highest BCUT2D eigenvalue weighted by atomic mass is 127. The lowest BCUT2D eigenvalue weighted by atomic mass is 9.88. The van der Waals surface area contributed by atoms with Crippen molar-refractivity contribution in [1.82, 2.24) is 15.1 Å². The first-order valence-corrected chi connectivity index (χ1v) is 10.4. The molecule has 0 radical (unpaired) electrons. The van der Waals surface area contributed by atoms with Crippen LogP contribution in [-0.2, 0) is 4.74 Å². The van der Waals surface area contributed by atoms with Gasteiger partial charge in [-0.25, -0.2) is 0 Å². The highest BCUT2D eigenvalue weighted by molar-refractivity contribution is 14.0. The predicted molar refractivity (Wildman–Crippen MR) is 132 cm³/mol. The van der Waals surface area contributed by atoms with E-state index in [9.17, 15) is 0 Å². The molecule has 0 saturated carbocycles. The number of likely N-dealkylation sites (tertiary alicyclic amines) is 1. The molecule has 3 rings (SSSR count). The van der Waals surface area contributed by atoms with E-state index in [1.54, 1.807) is 14.2 Å². The molecule has 1 unspecified atom stereocenters. The number of hydrogen-bond acceptors (Lipinski definition) is 5. The molecule has 2 aliphatic rings. The van der Waals surface area contributed by atoms with Gasteiger partial charge in [-0.2, -0.15) is 0 Å². The highest BCUT2D eigenvalue weighted by Crippen LogP contribution is 2.33. The first-order valence-electron chi connectivity index (χ1n) is 10.4.